The lowest BCUT2D eigenvalue weighted by Crippen LogP contribution is -2.50. The fraction of sp³-hybridized carbons (Fsp3) is 0.440. The van der Waals surface area contributed by atoms with Crippen molar-refractivity contribution in [1.82, 2.24) is 9.80 Å². The number of nitrogens with one attached hydrogen (secondary N) is 2. The molecule has 8 heteroatoms. The molecule has 2 aromatic rings. The van der Waals surface area contributed by atoms with E-state index in [9.17, 15) is 9.59 Å². The Hall–Kier alpha value is -3.26. The SMILES string of the molecule is CN(C)C1CCN(c2ccc(NC(=O)N3CCC4(CC3)OC(=O)Nc3ccccc34)cc2)C1. The summed E-state index contributed by atoms with van der Waals surface area (Å²) in [4.78, 5) is 31.4. The number of carbonyl (C=O) groups is 2. The first kappa shape index (κ1) is 21.6. The molecule has 33 heavy (non-hydrogen) atoms. The van der Waals surface area contributed by atoms with Gasteiger partial charge < -0.3 is 24.8 Å². The molecule has 0 aliphatic carbocycles. The average Bonchev–Trinajstić information content (AvgIpc) is 3.31. The zero-order valence-electron chi connectivity index (χ0n) is 19.2. The third kappa shape index (κ3) is 4.23. The monoisotopic (exact) mass is 449 g/mol. The average molecular weight is 450 g/mol. The number of hydrogen-bond acceptors (Lipinski definition) is 5. The molecule has 0 bridgehead atoms. The van der Waals surface area contributed by atoms with Crippen molar-refractivity contribution in [1.29, 1.82) is 0 Å². The van der Waals surface area contributed by atoms with Gasteiger partial charge in [0.15, 0.2) is 0 Å². The van der Waals surface area contributed by atoms with E-state index in [1.165, 1.54) is 5.69 Å². The van der Waals surface area contributed by atoms with E-state index in [4.69, 9.17) is 4.74 Å². The molecule has 1 spiro atoms. The van der Waals surface area contributed by atoms with Crippen LogP contribution in [0.3, 0.4) is 0 Å². The fourth-order valence-corrected chi connectivity index (χ4v) is 5.16. The molecule has 2 N–H and O–H groups in total. The molecular formula is C25H31N5O3. The largest absolute Gasteiger partial charge is 0.438 e. The quantitative estimate of drug-likeness (QED) is 0.743. The van der Waals surface area contributed by atoms with Crippen LogP contribution in [-0.2, 0) is 10.3 Å². The van der Waals surface area contributed by atoms with Crippen LogP contribution >= 0.6 is 0 Å². The first-order chi connectivity index (χ1) is 15.9. The molecule has 2 fully saturated rings. The Morgan fingerprint density at radius 1 is 1.09 bits per heavy atom. The van der Waals surface area contributed by atoms with Crippen molar-refractivity contribution in [3.8, 4) is 0 Å². The van der Waals surface area contributed by atoms with Gasteiger partial charge in [-0.25, -0.2) is 9.59 Å². The normalized spacial score (nSPS) is 21.5. The van der Waals surface area contributed by atoms with Gasteiger partial charge in [-0.1, -0.05) is 18.2 Å². The molecule has 0 aromatic heterocycles. The first-order valence-electron chi connectivity index (χ1n) is 11.6. The summed E-state index contributed by atoms with van der Waals surface area (Å²) in [6.07, 6.45) is 1.89. The van der Waals surface area contributed by atoms with E-state index in [-0.39, 0.29) is 6.03 Å². The Balaban J connectivity index is 1.19. The molecule has 2 saturated heterocycles. The summed E-state index contributed by atoms with van der Waals surface area (Å²) < 4.78 is 5.76. The summed E-state index contributed by atoms with van der Waals surface area (Å²) in [7, 11) is 4.26. The molecule has 0 radical (unpaired) electrons. The molecule has 3 aliphatic heterocycles. The van der Waals surface area contributed by atoms with E-state index in [1.54, 1.807) is 4.90 Å². The van der Waals surface area contributed by atoms with Gasteiger partial charge in [-0.2, -0.15) is 0 Å². The number of ether oxygens (including phenoxy) is 1. The Morgan fingerprint density at radius 2 is 1.82 bits per heavy atom. The molecule has 3 aliphatic rings. The number of anilines is 3. The lowest BCUT2D eigenvalue weighted by molar-refractivity contribution is -0.0294. The van der Waals surface area contributed by atoms with E-state index in [2.05, 4.69) is 46.7 Å². The second-order valence-corrected chi connectivity index (χ2v) is 9.37. The van der Waals surface area contributed by atoms with Gasteiger partial charge >= 0.3 is 12.1 Å². The summed E-state index contributed by atoms with van der Waals surface area (Å²) in [6.45, 7) is 3.11. The molecular weight excluding hydrogens is 418 g/mol. The van der Waals surface area contributed by atoms with Crippen LogP contribution < -0.4 is 15.5 Å². The summed E-state index contributed by atoms with van der Waals surface area (Å²) in [5.74, 6) is 0. The van der Waals surface area contributed by atoms with Crippen molar-refractivity contribution in [3.63, 3.8) is 0 Å². The molecule has 5 rings (SSSR count). The van der Waals surface area contributed by atoms with Crippen LogP contribution in [0.25, 0.3) is 0 Å². The first-order valence-corrected chi connectivity index (χ1v) is 11.6. The number of amides is 3. The molecule has 8 nitrogen and oxygen atoms in total. The number of rotatable bonds is 3. The Labute approximate surface area is 194 Å². The summed E-state index contributed by atoms with van der Waals surface area (Å²) in [6, 6.07) is 16.3. The van der Waals surface area contributed by atoms with Crippen molar-refractivity contribution in [2.24, 2.45) is 0 Å². The number of benzene rings is 2. The minimum absolute atomic E-state index is 0.125. The van der Waals surface area contributed by atoms with Crippen molar-refractivity contribution >= 4 is 29.2 Å². The summed E-state index contributed by atoms with van der Waals surface area (Å²) >= 11 is 0. The van der Waals surface area contributed by atoms with Crippen LogP contribution in [-0.4, -0.2) is 68.2 Å². The number of piperidine rings is 1. The van der Waals surface area contributed by atoms with Crippen LogP contribution in [0.15, 0.2) is 48.5 Å². The maximum atomic E-state index is 12.9. The number of fused-ring (bicyclic) bond motifs is 2. The van der Waals surface area contributed by atoms with Gasteiger partial charge in [0, 0.05) is 62.0 Å². The maximum Gasteiger partial charge on any atom is 0.412 e. The molecule has 1 unspecified atom stereocenters. The van der Waals surface area contributed by atoms with Crippen LogP contribution in [0.5, 0.6) is 0 Å². The Morgan fingerprint density at radius 3 is 2.52 bits per heavy atom. The molecule has 3 amide bonds. The number of para-hydroxylation sites is 1. The van der Waals surface area contributed by atoms with Gasteiger partial charge in [-0.15, -0.1) is 0 Å². The van der Waals surface area contributed by atoms with Gasteiger partial charge in [-0.05, 0) is 50.8 Å². The van der Waals surface area contributed by atoms with Gasteiger partial charge in [0.1, 0.15) is 5.60 Å². The second kappa shape index (κ2) is 8.59. The lowest BCUT2D eigenvalue weighted by Gasteiger charge is -2.44. The van der Waals surface area contributed by atoms with E-state index >= 15 is 0 Å². The number of urea groups is 1. The minimum Gasteiger partial charge on any atom is -0.438 e. The van der Waals surface area contributed by atoms with E-state index in [0.29, 0.717) is 32.0 Å². The third-order valence-electron chi connectivity index (χ3n) is 7.18. The molecule has 0 saturated carbocycles. The third-order valence-corrected chi connectivity index (χ3v) is 7.18. The number of hydrogen-bond donors (Lipinski definition) is 2. The highest BCUT2D eigenvalue weighted by molar-refractivity contribution is 5.90. The summed E-state index contributed by atoms with van der Waals surface area (Å²) in [5.41, 5.74) is 3.08. The van der Waals surface area contributed by atoms with E-state index in [1.807, 2.05) is 36.4 Å². The second-order valence-electron chi connectivity index (χ2n) is 9.37. The number of likely N-dealkylation sites (N-methyl/N-ethyl adjacent to an activating group) is 1. The summed E-state index contributed by atoms with van der Waals surface area (Å²) in [5, 5.41) is 5.79. The highest BCUT2D eigenvalue weighted by Crippen LogP contribution is 2.43. The van der Waals surface area contributed by atoms with Crippen molar-refractivity contribution in [2.45, 2.75) is 30.9 Å². The predicted octanol–water partition coefficient (Wildman–Crippen LogP) is 3.91. The minimum atomic E-state index is -0.669. The highest BCUT2D eigenvalue weighted by atomic mass is 16.6. The lowest BCUT2D eigenvalue weighted by atomic mass is 9.82. The van der Waals surface area contributed by atoms with Crippen LogP contribution in [0.4, 0.5) is 26.7 Å². The predicted molar refractivity (Wildman–Crippen MR) is 129 cm³/mol. The van der Waals surface area contributed by atoms with Gasteiger partial charge in [0.25, 0.3) is 0 Å². The molecule has 174 valence electrons. The molecule has 3 heterocycles. The van der Waals surface area contributed by atoms with Crippen molar-refractivity contribution in [3.05, 3.63) is 54.1 Å². The van der Waals surface area contributed by atoms with Crippen molar-refractivity contribution < 1.29 is 14.3 Å². The van der Waals surface area contributed by atoms with Gasteiger partial charge in [0.05, 0.1) is 5.69 Å². The number of nitrogens with zero attached hydrogens (tertiary/aromatic N) is 3. The van der Waals surface area contributed by atoms with Crippen LogP contribution in [0.2, 0.25) is 0 Å². The highest BCUT2D eigenvalue weighted by Gasteiger charge is 2.45. The van der Waals surface area contributed by atoms with E-state index < -0.39 is 11.7 Å². The Kier molecular flexibility index (Phi) is 5.62. The number of likely N-dealkylation sites (tertiary alicyclic amines) is 1. The van der Waals surface area contributed by atoms with Gasteiger partial charge in [0.2, 0.25) is 0 Å². The van der Waals surface area contributed by atoms with Gasteiger partial charge in [-0.3, -0.25) is 5.32 Å². The molecule has 2 aromatic carbocycles. The maximum absolute atomic E-state index is 12.9. The standard InChI is InChI=1S/C25H31N5O3/c1-28(2)20-11-14-30(17-20)19-9-7-18(8-10-19)26-23(31)29-15-12-25(13-16-29)21-5-3-4-6-22(21)27-24(32)33-25/h3-10,20H,11-17H2,1-2H3,(H,26,31)(H,27,32). The zero-order valence-corrected chi connectivity index (χ0v) is 19.2. The Bertz CT molecular complexity index is 1030. The van der Waals surface area contributed by atoms with E-state index in [0.717, 1.165) is 36.4 Å². The number of carbonyl (C=O) groups excluding carboxylic acids is 2. The fourth-order valence-electron chi connectivity index (χ4n) is 5.16. The van der Waals surface area contributed by atoms with Crippen LogP contribution in [0, 0.1) is 0 Å². The smallest absolute Gasteiger partial charge is 0.412 e. The molecule has 1 atom stereocenters. The van der Waals surface area contributed by atoms with Crippen molar-refractivity contribution in [2.75, 3.05) is 55.8 Å². The van der Waals surface area contributed by atoms with Crippen LogP contribution in [0.1, 0.15) is 24.8 Å². The topological polar surface area (TPSA) is 77.2 Å². The zero-order chi connectivity index (χ0) is 23.0.